The lowest BCUT2D eigenvalue weighted by Crippen LogP contribution is -2.34. The highest BCUT2D eigenvalue weighted by Crippen LogP contribution is 2.26. The summed E-state index contributed by atoms with van der Waals surface area (Å²) in [6.45, 7) is 1.07. The molecule has 0 aliphatic carbocycles. The number of para-hydroxylation sites is 2. The Kier molecular flexibility index (Phi) is 8.02. The standard InChI is InChI=1S/C26H26ClN5O4/c1-31-23-6-3-2-5-22(23)30-26(31)32(13-4-7-24(33)34)25(35)18-15-19(27)17-21(16-18)36-14-12-29-20-8-10-28-11-9-20/h2-3,5-6,8-11,15-17H,4,7,12-14H2,1H3,(H,28,29)(H,33,34). The molecule has 4 aromatic rings. The zero-order chi connectivity index (χ0) is 25.5. The van der Waals surface area contributed by atoms with Gasteiger partial charge in [0, 0.05) is 55.2 Å². The van der Waals surface area contributed by atoms with E-state index in [1.54, 1.807) is 30.6 Å². The van der Waals surface area contributed by atoms with Gasteiger partial charge in [-0.25, -0.2) is 4.98 Å². The molecule has 0 saturated heterocycles. The van der Waals surface area contributed by atoms with E-state index in [1.165, 1.54) is 4.90 Å². The summed E-state index contributed by atoms with van der Waals surface area (Å²) in [4.78, 5) is 34.9. The summed E-state index contributed by atoms with van der Waals surface area (Å²) in [7, 11) is 1.82. The number of imidazole rings is 1. The van der Waals surface area contributed by atoms with Crippen molar-refractivity contribution in [1.82, 2.24) is 14.5 Å². The van der Waals surface area contributed by atoms with Crippen LogP contribution in [0.5, 0.6) is 5.75 Å². The summed E-state index contributed by atoms with van der Waals surface area (Å²) in [6.07, 6.45) is 3.60. The number of aliphatic carboxylic acids is 1. The molecule has 0 spiro atoms. The molecule has 0 unspecified atom stereocenters. The first kappa shape index (κ1) is 25.0. The van der Waals surface area contributed by atoms with Crippen molar-refractivity contribution < 1.29 is 19.4 Å². The fraction of sp³-hybridized carbons (Fsp3) is 0.231. The summed E-state index contributed by atoms with van der Waals surface area (Å²) in [5.41, 5.74) is 2.85. The molecule has 2 aromatic heterocycles. The van der Waals surface area contributed by atoms with Crippen molar-refractivity contribution in [2.24, 2.45) is 7.05 Å². The number of aryl methyl sites for hydroxylation is 1. The Morgan fingerprint density at radius 2 is 1.92 bits per heavy atom. The second-order valence-electron chi connectivity index (χ2n) is 8.10. The second-order valence-corrected chi connectivity index (χ2v) is 8.54. The summed E-state index contributed by atoms with van der Waals surface area (Å²) in [5, 5.41) is 12.7. The van der Waals surface area contributed by atoms with Crippen LogP contribution in [-0.2, 0) is 11.8 Å². The van der Waals surface area contributed by atoms with Gasteiger partial charge in [-0.2, -0.15) is 0 Å². The Balaban J connectivity index is 1.54. The number of aromatic nitrogens is 3. The van der Waals surface area contributed by atoms with Crippen LogP contribution < -0.4 is 15.0 Å². The molecule has 186 valence electrons. The number of ether oxygens (including phenoxy) is 1. The number of pyridine rings is 1. The normalized spacial score (nSPS) is 10.8. The van der Waals surface area contributed by atoms with E-state index in [2.05, 4.69) is 15.3 Å². The number of hydrogen-bond donors (Lipinski definition) is 2. The summed E-state index contributed by atoms with van der Waals surface area (Å²) in [5.74, 6) is -0.388. The largest absolute Gasteiger partial charge is 0.492 e. The number of fused-ring (bicyclic) bond motifs is 1. The van der Waals surface area contributed by atoms with Crippen LogP contribution in [0.3, 0.4) is 0 Å². The van der Waals surface area contributed by atoms with E-state index in [1.807, 2.05) is 48.0 Å². The van der Waals surface area contributed by atoms with E-state index in [0.717, 1.165) is 16.7 Å². The van der Waals surface area contributed by atoms with Gasteiger partial charge in [0.2, 0.25) is 5.95 Å². The predicted molar refractivity (Wildman–Crippen MR) is 139 cm³/mol. The lowest BCUT2D eigenvalue weighted by molar-refractivity contribution is -0.137. The van der Waals surface area contributed by atoms with Crippen LogP contribution in [0, 0.1) is 0 Å². The van der Waals surface area contributed by atoms with Crippen LogP contribution in [0.4, 0.5) is 11.6 Å². The molecule has 2 aromatic carbocycles. The molecule has 9 nitrogen and oxygen atoms in total. The van der Waals surface area contributed by atoms with Crippen molar-refractivity contribution >= 4 is 46.1 Å². The molecule has 1 amide bonds. The minimum Gasteiger partial charge on any atom is -0.492 e. The molecule has 0 aliphatic heterocycles. The van der Waals surface area contributed by atoms with Crippen LogP contribution in [0.2, 0.25) is 5.02 Å². The summed E-state index contributed by atoms with van der Waals surface area (Å²) < 4.78 is 7.66. The SMILES string of the molecule is Cn1c(N(CCCC(=O)O)C(=O)c2cc(Cl)cc(OCCNc3ccncc3)c2)nc2ccccc21. The number of rotatable bonds is 11. The van der Waals surface area contributed by atoms with E-state index in [4.69, 9.17) is 21.4 Å². The Bertz CT molecular complexity index is 1360. The van der Waals surface area contributed by atoms with Crippen molar-refractivity contribution in [3.8, 4) is 5.75 Å². The molecule has 0 aliphatic rings. The minimum absolute atomic E-state index is 0.0674. The van der Waals surface area contributed by atoms with Crippen molar-refractivity contribution in [3.05, 3.63) is 77.6 Å². The number of benzene rings is 2. The van der Waals surface area contributed by atoms with Gasteiger partial charge < -0.3 is 19.7 Å². The zero-order valence-corrected chi connectivity index (χ0v) is 20.5. The predicted octanol–water partition coefficient (Wildman–Crippen LogP) is 4.62. The molecule has 2 heterocycles. The van der Waals surface area contributed by atoms with E-state index < -0.39 is 5.97 Å². The molecule has 0 fully saturated rings. The van der Waals surface area contributed by atoms with Gasteiger partial charge in [0.1, 0.15) is 12.4 Å². The summed E-state index contributed by atoms with van der Waals surface area (Å²) >= 11 is 6.32. The van der Waals surface area contributed by atoms with Gasteiger partial charge in [-0.3, -0.25) is 19.5 Å². The third-order valence-electron chi connectivity index (χ3n) is 5.52. The van der Waals surface area contributed by atoms with Gasteiger partial charge in [0.05, 0.1) is 11.0 Å². The lowest BCUT2D eigenvalue weighted by atomic mass is 10.1. The topological polar surface area (TPSA) is 110 Å². The Labute approximate surface area is 213 Å². The second kappa shape index (κ2) is 11.5. The zero-order valence-electron chi connectivity index (χ0n) is 19.7. The maximum Gasteiger partial charge on any atom is 0.303 e. The van der Waals surface area contributed by atoms with E-state index in [-0.39, 0.29) is 25.3 Å². The first-order valence-corrected chi connectivity index (χ1v) is 11.8. The maximum absolute atomic E-state index is 13.7. The molecule has 0 radical (unpaired) electrons. The van der Waals surface area contributed by atoms with Crippen LogP contribution in [0.15, 0.2) is 67.0 Å². The highest BCUT2D eigenvalue weighted by molar-refractivity contribution is 6.31. The van der Waals surface area contributed by atoms with Gasteiger partial charge in [-0.15, -0.1) is 0 Å². The lowest BCUT2D eigenvalue weighted by Gasteiger charge is -2.22. The smallest absolute Gasteiger partial charge is 0.303 e. The van der Waals surface area contributed by atoms with Gasteiger partial charge in [0.25, 0.3) is 5.91 Å². The number of halogens is 1. The van der Waals surface area contributed by atoms with Crippen molar-refractivity contribution in [2.75, 3.05) is 29.9 Å². The van der Waals surface area contributed by atoms with Crippen molar-refractivity contribution in [1.29, 1.82) is 0 Å². The summed E-state index contributed by atoms with van der Waals surface area (Å²) in [6, 6.07) is 16.1. The number of carbonyl (C=O) groups excluding carboxylic acids is 1. The molecule has 0 saturated carbocycles. The molecule has 36 heavy (non-hydrogen) atoms. The van der Waals surface area contributed by atoms with E-state index in [9.17, 15) is 9.59 Å². The number of carboxylic acid groups (broad SMARTS) is 1. The van der Waals surface area contributed by atoms with Gasteiger partial charge in [-0.05, 0) is 48.9 Å². The third-order valence-corrected chi connectivity index (χ3v) is 5.74. The third kappa shape index (κ3) is 6.11. The van der Waals surface area contributed by atoms with Crippen LogP contribution in [0.25, 0.3) is 11.0 Å². The maximum atomic E-state index is 13.7. The van der Waals surface area contributed by atoms with E-state index >= 15 is 0 Å². The monoisotopic (exact) mass is 507 g/mol. The van der Waals surface area contributed by atoms with Crippen molar-refractivity contribution in [3.63, 3.8) is 0 Å². The number of nitrogens with one attached hydrogen (secondary N) is 1. The highest BCUT2D eigenvalue weighted by atomic mass is 35.5. The number of carbonyl (C=O) groups is 2. The average Bonchev–Trinajstić information content (AvgIpc) is 3.20. The molecular formula is C26H26ClN5O4. The highest BCUT2D eigenvalue weighted by Gasteiger charge is 2.24. The molecule has 0 bridgehead atoms. The molecule has 10 heteroatoms. The molecule has 0 atom stereocenters. The van der Waals surface area contributed by atoms with Gasteiger partial charge in [0.15, 0.2) is 0 Å². The number of carboxylic acids is 1. The molecular weight excluding hydrogens is 482 g/mol. The van der Waals surface area contributed by atoms with Gasteiger partial charge >= 0.3 is 5.97 Å². The quantitative estimate of drug-likeness (QED) is 0.285. The number of anilines is 2. The first-order valence-electron chi connectivity index (χ1n) is 11.4. The first-order chi connectivity index (χ1) is 17.4. The molecule has 2 N–H and O–H groups in total. The Morgan fingerprint density at radius 3 is 2.67 bits per heavy atom. The fourth-order valence-corrected chi connectivity index (χ4v) is 4.04. The van der Waals surface area contributed by atoms with Crippen LogP contribution in [-0.4, -0.2) is 51.2 Å². The minimum atomic E-state index is -0.925. The average molecular weight is 508 g/mol. The van der Waals surface area contributed by atoms with Gasteiger partial charge in [-0.1, -0.05) is 23.7 Å². The van der Waals surface area contributed by atoms with Crippen LogP contribution >= 0.6 is 11.6 Å². The van der Waals surface area contributed by atoms with E-state index in [0.29, 0.717) is 35.4 Å². The van der Waals surface area contributed by atoms with Crippen molar-refractivity contribution in [2.45, 2.75) is 12.8 Å². The fourth-order valence-electron chi connectivity index (χ4n) is 3.81. The number of nitrogens with zero attached hydrogens (tertiary/aromatic N) is 4. The van der Waals surface area contributed by atoms with Crippen LogP contribution in [0.1, 0.15) is 23.2 Å². The number of amides is 1. The Morgan fingerprint density at radius 1 is 1.14 bits per heavy atom. The molecule has 4 rings (SSSR count). The Hall–Kier alpha value is -4.11. The number of hydrogen-bond acceptors (Lipinski definition) is 6.